The summed E-state index contributed by atoms with van der Waals surface area (Å²) in [6, 6.07) is 6.78. The highest BCUT2D eigenvalue weighted by Crippen LogP contribution is 2.12. The Morgan fingerprint density at radius 2 is 1.93 bits per heavy atom. The summed E-state index contributed by atoms with van der Waals surface area (Å²) in [5.41, 5.74) is 11.8. The Bertz CT molecular complexity index is 374. The van der Waals surface area contributed by atoms with Crippen molar-refractivity contribution in [2.75, 3.05) is 5.32 Å². The van der Waals surface area contributed by atoms with E-state index in [0.29, 0.717) is 5.69 Å². The molecule has 15 heavy (non-hydrogen) atoms. The number of aliphatic imine (C=N–C) groups is 1. The van der Waals surface area contributed by atoms with Crippen LogP contribution in [0.1, 0.15) is 5.56 Å². The van der Waals surface area contributed by atoms with Crippen molar-refractivity contribution in [2.24, 2.45) is 16.5 Å². The molecule has 0 aromatic heterocycles. The van der Waals surface area contributed by atoms with Crippen molar-refractivity contribution in [1.29, 1.82) is 0 Å². The number of nitrogens with one attached hydrogen (secondary N) is 1. The van der Waals surface area contributed by atoms with E-state index in [2.05, 4.69) is 10.3 Å². The number of rotatable bonds is 1. The van der Waals surface area contributed by atoms with Crippen molar-refractivity contribution in [3.05, 3.63) is 29.8 Å². The van der Waals surface area contributed by atoms with Crippen molar-refractivity contribution in [3.63, 3.8) is 0 Å². The summed E-state index contributed by atoms with van der Waals surface area (Å²) in [5.74, 6) is -0.254. The first-order valence-corrected chi connectivity index (χ1v) is 4.06. The van der Waals surface area contributed by atoms with Crippen molar-refractivity contribution in [2.45, 2.75) is 6.92 Å². The molecule has 1 aromatic rings. The summed E-state index contributed by atoms with van der Waals surface area (Å²) in [7, 11) is 0. The van der Waals surface area contributed by atoms with Crippen LogP contribution < -0.4 is 16.8 Å². The van der Waals surface area contributed by atoms with Crippen LogP contribution >= 0.6 is 12.4 Å². The largest absolute Gasteiger partial charge is 0.370 e. The van der Waals surface area contributed by atoms with E-state index in [1.165, 1.54) is 0 Å². The smallest absolute Gasteiger partial charge is 0.348 e. The number of para-hydroxylation sites is 1. The molecule has 0 heterocycles. The molecule has 0 saturated heterocycles. The molecule has 1 aromatic carbocycles. The Hall–Kier alpha value is -1.75. The summed E-state index contributed by atoms with van der Waals surface area (Å²) < 4.78 is 0. The molecule has 5 nitrogen and oxygen atoms in total. The zero-order valence-electron chi connectivity index (χ0n) is 8.23. The zero-order chi connectivity index (χ0) is 10.6. The minimum absolute atomic E-state index is 0. The fourth-order valence-electron chi connectivity index (χ4n) is 0.974. The minimum atomic E-state index is -0.570. The van der Waals surface area contributed by atoms with E-state index < -0.39 is 6.03 Å². The Labute approximate surface area is 94.0 Å². The van der Waals surface area contributed by atoms with Gasteiger partial charge in [-0.05, 0) is 18.6 Å². The molecule has 0 aliphatic heterocycles. The van der Waals surface area contributed by atoms with Gasteiger partial charge in [-0.1, -0.05) is 18.2 Å². The van der Waals surface area contributed by atoms with Crippen LogP contribution in [-0.2, 0) is 0 Å². The summed E-state index contributed by atoms with van der Waals surface area (Å²) in [4.78, 5) is 14.5. The zero-order valence-corrected chi connectivity index (χ0v) is 9.04. The van der Waals surface area contributed by atoms with E-state index in [1.54, 1.807) is 6.07 Å². The molecular weight excluding hydrogens is 216 g/mol. The van der Waals surface area contributed by atoms with Crippen molar-refractivity contribution in [1.82, 2.24) is 0 Å². The number of guanidine groups is 1. The van der Waals surface area contributed by atoms with Gasteiger partial charge in [-0.25, -0.2) is 4.79 Å². The minimum Gasteiger partial charge on any atom is -0.370 e. The molecule has 0 bridgehead atoms. The van der Waals surface area contributed by atoms with Gasteiger partial charge in [0.2, 0.25) is 0 Å². The number of nitrogens with two attached hydrogens (primary N) is 2. The molecule has 1 rings (SSSR count). The Balaban J connectivity index is 0.00000196. The van der Waals surface area contributed by atoms with Crippen molar-refractivity contribution >= 4 is 30.1 Å². The molecule has 0 aliphatic carbocycles. The maximum Gasteiger partial charge on any atom is 0.348 e. The summed E-state index contributed by atoms with van der Waals surface area (Å²) in [6.45, 7) is 1.88. The van der Waals surface area contributed by atoms with Crippen LogP contribution in [0.5, 0.6) is 0 Å². The molecule has 0 radical (unpaired) electrons. The second-order valence-electron chi connectivity index (χ2n) is 2.78. The number of anilines is 1. The molecule has 0 fully saturated rings. The summed E-state index contributed by atoms with van der Waals surface area (Å²) in [5, 5.41) is 2.56. The molecule has 82 valence electrons. The Morgan fingerprint density at radius 1 is 1.33 bits per heavy atom. The van der Waals surface area contributed by atoms with Gasteiger partial charge >= 0.3 is 6.03 Å². The first kappa shape index (κ1) is 13.2. The predicted octanol–water partition coefficient (Wildman–Crippen LogP) is 1.22. The molecule has 6 heteroatoms. The first-order valence-electron chi connectivity index (χ1n) is 4.06. The quantitative estimate of drug-likeness (QED) is 0.498. The molecule has 0 aliphatic rings. The van der Waals surface area contributed by atoms with E-state index >= 15 is 0 Å². The van der Waals surface area contributed by atoms with Gasteiger partial charge < -0.3 is 16.8 Å². The molecular formula is C9H13ClN4O. The lowest BCUT2D eigenvalue weighted by molar-refractivity contribution is 0.259. The normalized spacial score (nSPS) is 8.60. The number of benzene rings is 1. The van der Waals surface area contributed by atoms with E-state index in [9.17, 15) is 4.79 Å². The summed E-state index contributed by atoms with van der Waals surface area (Å²) >= 11 is 0. The van der Waals surface area contributed by atoms with Gasteiger partial charge in [-0.3, -0.25) is 0 Å². The lowest BCUT2D eigenvalue weighted by atomic mass is 10.2. The fraction of sp³-hybridized carbons (Fsp3) is 0.111. The number of halogens is 1. The number of nitrogens with zero attached hydrogens (tertiary/aromatic N) is 1. The lowest BCUT2D eigenvalue weighted by Gasteiger charge is -2.04. The van der Waals surface area contributed by atoms with Crippen LogP contribution in [0.25, 0.3) is 0 Å². The molecule has 0 atom stereocenters. The maximum absolute atomic E-state index is 11.1. The van der Waals surface area contributed by atoms with Gasteiger partial charge in [0.05, 0.1) is 0 Å². The average molecular weight is 229 g/mol. The first-order chi connectivity index (χ1) is 6.59. The van der Waals surface area contributed by atoms with Crippen LogP contribution in [0, 0.1) is 6.92 Å². The monoisotopic (exact) mass is 228 g/mol. The van der Waals surface area contributed by atoms with Crippen LogP contribution in [0.15, 0.2) is 29.3 Å². The number of hydrogen-bond acceptors (Lipinski definition) is 1. The Morgan fingerprint density at radius 3 is 2.47 bits per heavy atom. The Kier molecular flexibility index (Phi) is 5.19. The van der Waals surface area contributed by atoms with Gasteiger partial charge in [0.25, 0.3) is 0 Å². The molecule has 2 amide bonds. The predicted molar refractivity (Wildman–Crippen MR) is 63.3 cm³/mol. The van der Waals surface area contributed by atoms with Crippen LogP contribution in [0.3, 0.4) is 0 Å². The molecule has 0 saturated carbocycles. The number of hydrogen-bond donors (Lipinski definition) is 3. The van der Waals surface area contributed by atoms with Gasteiger partial charge in [0.1, 0.15) is 0 Å². The standard InChI is InChI=1S/C9H12N4O.ClH/c1-6-4-2-3-5-7(6)12-9(14)13-8(10)11;/h2-5H,1H3,(H5,10,11,12,13,14);1H. The third-order valence-corrected chi connectivity index (χ3v) is 1.62. The number of aryl methyl sites for hydroxylation is 1. The van der Waals surface area contributed by atoms with Crippen molar-refractivity contribution in [3.8, 4) is 0 Å². The second-order valence-corrected chi connectivity index (χ2v) is 2.78. The van der Waals surface area contributed by atoms with Gasteiger partial charge in [-0.2, -0.15) is 4.99 Å². The molecule has 0 spiro atoms. The maximum atomic E-state index is 11.1. The molecule has 5 N–H and O–H groups in total. The fourth-order valence-corrected chi connectivity index (χ4v) is 0.974. The summed E-state index contributed by atoms with van der Waals surface area (Å²) in [6.07, 6.45) is 0. The van der Waals surface area contributed by atoms with E-state index in [4.69, 9.17) is 11.5 Å². The third kappa shape index (κ3) is 4.33. The van der Waals surface area contributed by atoms with Gasteiger partial charge in [-0.15, -0.1) is 12.4 Å². The van der Waals surface area contributed by atoms with Crippen molar-refractivity contribution < 1.29 is 4.79 Å². The third-order valence-electron chi connectivity index (χ3n) is 1.62. The average Bonchev–Trinajstić information content (AvgIpc) is 2.07. The van der Waals surface area contributed by atoms with Crippen LogP contribution in [-0.4, -0.2) is 12.0 Å². The molecule has 0 unspecified atom stereocenters. The SMILES string of the molecule is Cc1ccccc1NC(=O)N=C(N)N.Cl. The highest BCUT2D eigenvalue weighted by atomic mass is 35.5. The lowest BCUT2D eigenvalue weighted by Crippen LogP contribution is -2.25. The number of urea groups is 1. The van der Waals surface area contributed by atoms with Crippen LogP contribution in [0.2, 0.25) is 0 Å². The highest BCUT2D eigenvalue weighted by Gasteiger charge is 2.01. The highest BCUT2D eigenvalue weighted by molar-refractivity contribution is 5.98. The number of amides is 2. The van der Waals surface area contributed by atoms with Crippen LogP contribution in [0.4, 0.5) is 10.5 Å². The topological polar surface area (TPSA) is 93.5 Å². The number of carbonyl (C=O) groups excluding carboxylic acids is 1. The van der Waals surface area contributed by atoms with E-state index in [1.807, 2.05) is 25.1 Å². The van der Waals surface area contributed by atoms with E-state index in [0.717, 1.165) is 5.56 Å². The second kappa shape index (κ2) is 5.87. The van der Waals surface area contributed by atoms with E-state index in [-0.39, 0.29) is 18.4 Å². The number of carbonyl (C=O) groups is 1. The van der Waals surface area contributed by atoms with Gasteiger partial charge in [0, 0.05) is 5.69 Å². The van der Waals surface area contributed by atoms with Gasteiger partial charge in [0.15, 0.2) is 5.96 Å².